The van der Waals surface area contributed by atoms with Gasteiger partial charge in [-0.05, 0) is 24.9 Å². The van der Waals surface area contributed by atoms with Gasteiger partial charge in [0.05, 0.1) is 4.92 Å². The lowest BCUT2D eigenvalue weighted by Crippen LogP contribution is -2.24. The van der Waals surface area contributed by atoms with Crippen molar-refractivity contribution < 1.29 is 13.3 Å². The van der Waals surface area contributed by atoms with Crippen molar-refractivity contribution in [2.75, 3.05) is 30.9 Å². The fourth-order valence-corrected chi connectivity index (χ4v) is 4.35. The number of nitrogens with zero attached hydrogens (tertiary/aromatic N) is 1. The Morgan fingerprint density at radius 3 is 2.65 bits per heavy atom. The Balaban J connectivity index is 2.75. The fraction of sp³-hybridized carbons (Fsp3) is 0.600. The summed E-state index contributed by atoms with van der Waals surface area (Å²) in [6.45, 7) is 0.337. The highest BCUT2D eigenvalue weighted by Gasteiger charge is 2.25. The van der Waals surface area contributed by atoms with E-state index in [1.807, 2.05) is 6.26 Å². The van der Waals surface area contributed by atoms with E-state index in [1.165, 1.54) is 7.05 Å². The standard InChI is InChI=1S/C10H17N3O4S3/c1-11-10-8(13(14)15)7-9(19-10)20(16,17)12-5-3-4-6-18-2/h7,11-12H,3-6H2,1-2H3. The van der Waals surface area contributed by atoms with Crippen molar-refractivity contribution in [2.45, 2.75) is 17.1 Å². The zero-order valence-electron chi connectivity index (χ0n) is 11.2. The molecule has 0 aliphatic carbocycles. The number of hydrogen-bond donors (Lipinski definition) is 2. The highest BCUT2D eigenvalue weighted by Crippen LogP contribution is 2.36. The van der Waals surface area contributed by atoms with E-state index in [2.05, 4.69) is 10.0 Å². The summed E-state index contributed by atoms with van der Waals surface area (Å²) in [4.78, 5) is 10.2. The Morgan fingerprint density at radius 2 is 2.15 bits per heavy atom. The molecule has 2 N–H and O–H groups in total. The number of thiophene rings is 1. The van der Waals surface area contributed by atoms with Gasteiger partial charge in [0.1, 0.15) is 4.21 Å². The highest BCUT2D eigenvalue weighted by molar-refractivity contribution is 7.98. The van der Waals surface area contributed by atoms with E-state index < -0.39 is 14.9 Å². The van der Waals surface area contributed by atoms with Crippen molar-refractivity contribution in [1.29, 1.82) is 0 Å². The van der Waals surface area contributed by atoms with E-state index in [0.717, 1.165) is 36.0 Å². The van der Waals surface area contributed by atoms with Gasteiger partial charge >= 0.3 is 5.69 Å². The third-order valence-electron chi connectivity index (χ3n) is 2.45. The van der Waals surface area contributed by atoms with Crippen molar-refractivity contribution in [3.63, 3.8) is 0 Å². The van der Waals surface area contributed by atoms with Crippen LogP contribution in [0.3, 0.4) is 0 Å². The summed E-state index contributed by atoms with van der Waals surface area (Å²) in [5, 5.41) is 13.7. The summed E-state index contributed by atoms with van der Waals surface area (Å²) in [6.07, 6.45) is 3.66. The number of nitrogens with one attached hydrogen (secondary N) is 2. The summed E-state index contributed by atoms with van der Waals surface area (Å²) < 4.78 is 26.4. The van der Waals surface area contributed by atoms with Crippen molar-refractivity contribution >= 4 is 43.8 Å². The number of rotatable bonds is 9. The van der Waals surface area contributed by atoms with Gasteiger partial charge in [0.2, 0.25) is 10.0 Å². The van der Waals surface area contributed by atoms with Crippen LogP contribution in [0.2, 0.25) is 0 Å². The molecule has 0 aliphatic heterocycles. The van der Waals surface area contributed by atoms with Gasteiger partial charge in [-0.1, -0.05) is 11.3 Å². The second-order valence-electron chi connectivity index (χ2n) is 3.88. The van der Waals surface area contributed by atoms with Crippen LogP contribution in [0, 0.1) is 10.1 Å². The molecule has 0 saturated carbocycles. The van der Waals surface area contributed by atoms with E-state index in [9.17, 15) is 18.5 Å². The smallest absolute Gasteiger partial charge is 0.304 e. The van der Waals surface area contributed by atoms with E-state index >= 15 is 0 Å². The summed E-state index contributed by atoms with van der Waals surface area (Å²) >= 11 is 2.56. The second-order valence-corrected chi connectivity index (χ2v) is 7.92. The molecule has 0 amide bonds. The quantitative estimate of drug-likeness (QED) is 0.406. The lowest BCUT2D eigenvalue weighted by atomic mass is 10.3. The SMILES string of the molecule is CNc1sc(S(=O)(=O)NCCCCSC)cc1[N+](=O)[O-]. The summed E-state index contributed by atoms with van der Waals surface area (Å²) in [7, 11) is -2.16. The molecular weight excluding hydrogens is 322 g/mol. The first kappa shape index (κ1) is 17.2. The Kier molecular flexibility index (Phi) is 6.72. The molecule has 1 rings (SSSR count). The predicted molar refractivity (Wildman–Crippen MR) is 83.3 cm³/mol. The number of thioether (sulfide) groups is 1. The molecule has 0 spiro atoms. The van der Waals surface area contributed by atoms with Crippen LogP contribution in [0.5, 0.6) is 0 Å². The molecule has 1 aromatic rings. The molecule has 0 bridgehead atoms. The molecule has 0 unspecified atom stereocenters. The topological polar surface area (TPSA) is 101 Å². The molecule has 1 heterocycles. The summed E-state index contributed by atoms with van der Waals surface area (Å²) in [5.41, 5.74) is -0.222. The van der Waals surface area contributed by atoms with Gasteiger partial charge in [0, 0.05) is 19.7 Å². The van der Waals surface area contributed by atoms with E-state index in [-0.39, 0.29) is 14.9 Å². The minimum Gasteiger partial charge on any atom is -0.374 e. The summed E-state index contributed by atoms with van der Waals surface area (Å²) in [5.74, 6) is 0.982. The molecule has 0 aliphatic rings. The Morgan fingerprint density at radius 1 is 1.45 bits per heavy atom. The lowest BCUT2D eigenvalue weighted by molar-refractivity contribution is -0.383. The normalized spacial score (nSPS) is 11.5. The third-order valence-corrected chi connectivity index (χ3v) is 6.22. The van der Waals surface area contributed by atoms with Crippen molar-refractivity contribution in [3.8, 4) is 0 Å². The van der Waals surface area contributed by atoms with E-state index in [4.69, 9.17) is 0 Å². The lowest BCUT2D eigenvalue weighted by Gasteiger charge is -2.03. The van der Waals surface area contributed by atoms with Crippen LogP contribution in [0.15, 0.2) is 10.3 Å². The van der Waals surface area contributed by atoms with Crippen molar-refractivity contribution in [1.82, 2.24) is 4.72 Å². The average Bonchev–Trinajstić information content (AvgIpc) is 2.83. The number of nitro groups is 1. The minimum absolute atomic E-state index is 0.0431. The van der Waals surface area contributed by atoms with Gasteiger partial charge in [-0.3, -0.25) is 10.1 Å². The van der Waals surface area contributed by atoms with Gasteiger partial charge < -0.3 is 5.32 Å². The molecule has 10 heteroatoms. The van der Waals surface area contributed by atoms with Crippen LogP contribution < -0.4 is 10.0 Å². The third kappa shape index (κ3) is 4.62. The van der Waals surface area contributed by atoms with Crippen molar-refractivity contribution in [2.24, 2.45) is 0 Å². The number of unbranched alkanes of at least 4 members (excludes halogenated alkanes) is 1. The van der Waals surface area contributed by atoms with E-state index in [1.54, 1.807) is 11.8 Å². The summed E-state index contributed by atoms with van der Waals surface area (Å²) in [6, 6.07) is 1.08. The van der Waals surface area contributed by atoms with Crippen molar-refractivity contribution in [3.05, 3.63) is 16.2 Å². The van der Waals surface area contributed by atoms with Gasteiger partial charge in [0.15, 0.2) is 5.00 Å². The molecule has 0 atom stereocenters. The van der Waals surface area contributed by atoms with E-state index in [0.29, 0.717) is 6.54 Å². The Labute approximate surface area is 126 Å². The first-order valence-corrected chi connectivity index (χ1v) is 9.56. The minimum atomic E-state index is -3.68. The zero-order chi connectivity index (χ0) is 15.2. The number of anilines is 1. The predicted octanol–water partition coefficient (Wildman–Crippen LogP) is 2.12. The number of hydrogen-bond acceptors (Lipinski definition) is 7. The Hall–Kier alpha value is -0.840. The van der Waals surface area contributed by atoms with Crippen LogP contribution >= 0.6 is 23.1 Å². The maximum absolute atomic E-state index is 12.0. The number of sulfonamides is 1. The zero-order valence-corrected chi connectivity index (χ0v) is 13.7. The second kappa shape index (κ2) is 7.81. The maximum Gasteiger partial charge on any atom is 0.304 e. The first-order chi connectivity index (χ1) is 9.42. The van der Waals surface area contributed by atoms with Crippen LogP contribution in [-0.4, -0.2) is 38.9 Å². The average molecular weight is 339 g/mol. The molecule has 0 radical (unpaired) electrons. The molecular formula is C10H17N3O4S3. The molecule has 20 heavy (non-hydrogen) atoms. The first-order valence-electron chi connectivity index (χ1n) is 5.87. The largest absolute Gasteiger partial charge is 0.374 e. The molecule has 114 valence electrons. The van der Waals surface area contributed by atoms with Gasteiger partial charge in [-0.25, -0.2) is 13.1 Å². The molecule has 0 fully saturated rings. The molecule has 7 nitrogen and oxygen atoms in total. The molecule has 0 saturated heterocycles. The monoisotopic (exact) mass is 339 g/mol. The highest BCUT2D eigenvalue weighted by atomic mass is 32.2. The van der Waals surface area contributed by atoms with Crippen LogP contribution in [0.4, 0.5) is 10.7 Å². The fourth-order valence-electron chi connectivity index (χ4n) is 1.46. The van der Waals surface area contributed by atoms with Crippen LogP contribution in [0.25, 0.3) is 0 Å². The molecule has 0 aromatic carbocycles. The van der Waals surface area contributed by atoms with Gasteiger partial charge in [-0.2, -0.15) is 11.8 Å². The van der Waals surface area contributed by atoms with Crippen LogP contribution in [0.1, 0.15) is 12.8 Å². The van der Waals surface area contributed by atoms with Gasteiger partial charge in [-0.15, -0.1) is 0 Å². The Bertz CT molecular complexity index is 556. The molecule has 1 aromatic heterocycles. The van der Waals surface area contributed by atoms with Gasteiger partial charge in [0.25, 0.3) is 0 Å². The van der Waals surface area contributed by atoms with Crippen LogP contribution in [-0.2, 0) is 10.0 Å². The maximum atomic E-state index is 12.0.